The van der Waals surface area contributed by atoms with Crippen LogP contribution in [0.1, 0.15) is 32.1 Å². The van der Waals surface area contributed by atoms with E-state index in [1.165, 1.54) is 0 Å². The second-order valence-electron chi connectivity index (χ2n) is 3.26. The summed E-state index contributed by atoms with van der Waals surface area (Å²) in [7, 11) is 0. The summed E-state index contributed by atoms with van der Waals surface area (Å²) in [5.74, 6) is 0.125. The van der Waals surface area contributed by atoms with E-state index in [0.29, 0.717) is 0 Å². The second-order valence-corrected chi connectivity index (χ2v) is 3.26. The smallest absolute Gasteiger partial charge is 0.292 e. The van der Waals surface area contributed by atoms with Gasteiger partial charge in [0.05, 0.1) is 6.61 Å². The summed E-state index contributed by atoms with van der Waals surface area (Å²) in [6, 6.07) is 0. The van der Waals surface area contributed by atoms with Crippen LogP contribution in [0.4, 0.5) is 13.2 Å². The van der Waals surface area contributed by atoms with Crippen molar-refractivity contribution in [3.05, 3.63) is 0 Å². The lowest BCUT2D eigenvalue weighted by Gasteiger charge is -2.21. The van der Waals surface area contributed by atoms with Crippen molar-refractivity contribution in [2.75, 3.05) is 6.61 Å². The van der Waals surface area contributed by atoms with Gasteiger partial charge in [0, 0.05) is 0 Å². The standard InChI is InChI=1S/C8H13F3O/c9-8(10,11)12-6-7-4-2-1-3-5-7/h7H,1-6H2. The highest BCUT2D eigenvalue weighted by molar-refractivity contribution is 4.64. The van der Waals surface area contributed by atoms with E-state index in [9.17, 15) is 13.2 Å². The molecule has 0 bridgehead atoms. The predicted octanol–water partition coefficient (Wildman–Crippen LogP) is 3.10. The number of hydrogen-bond acceptors (Lipinski definition) is 1. The average molecular weight is 182 g/mol. The third-order valence-corrected chi connectivity index (χ3v) is 2.21. The Morgan fingerprint density at radius 1 is 1.08 bits per heavy atom. The highest BCUT2D eigenvalue weighted by Crippen LogP contribution is 2.26. The van der Waals surface area contributed by atoms with Crippen LogP contribution in [0.15, 0.2) is 0 Å². The summed E-state index contributed by atoms with van der Waals surface area (Å²) in [6.07, 6.45) is 0.573. The summed E-state index contributed by atoms with van der Waals surface area (Å²) < 4.78 is 38.5. The maximum absolute atomic E-state index is 11.6. The highest BCUT2D eigenvalue weighted by atomic mass is 19.4. The first-order valence-corrected chi connectivity index (χ1v) is 4.28. The minimum Gasteiger partial charge on any atom is -0.292 e. The molecule has 0 saturated heterocycles. The van der Waals surface area contributed by atoms with Crippen molar-refractivity contribution in [3.63, 3.8) is 0 Å². The van der Waals surface area contributed by atoms with E-state index in [2.05, 4.69) is 4.74 Å². The second kappa shape index (κ2) is 4.12. The third-order valence-electron chi connectivity index (χ3n) is 2.21. The zero-order valence-electron chi connectivity index (χ0n) is 6.86. The molecule has 0 unspecified atom stereocenters. The first-order valence-electron chi connectivity index (χ1n) is 4.28. The lowest BCUT2D eigenvalue weighted by Crippen LogP contribution is -2.21. The summed E-state index contributed by atoms with van der Waals surface area (Å²) in [5, 5.41) is 0. The van der Waals surface area contributed by atoms with Gasteiger partial charge < -0.3 is 0 Å². The fraction of sp³-hybridized carbons (Fsp3) is 1.00. The lowest BCUT2D eigenvalue weighted by atomic mass is 9.90. The maximum atomic E-state index is 11.6. The van der Waals surface area contributed by atoms with Crippen molar-refractivity contribution in [2.24, 2.45) is 5.92 Å². The maximum Gasteiger partial charge on any atom is 0.522 e. The lowest BCUT2D eigenvalue weighted by molar-refractivity contribution is -0.329. The molecule has 1 nitrogen and oxygen atoms in total. The molecule has 1 saturated carbocycles. The SMILES string of the molecule is FC(F)(F)OCC1CCCCC1. The zero-order valence-corrected chi connectivity index (χ0v) is 6.86. The Labute approximate surface area is 69.9 Å². The molecule has 0 atom stereocenters. The van der Waals surface area contributed by atoms with Crippen LogP contribution in [0.5, 0.6) is 0 Å². The third kappa shape index (κ3) is 3.95. The molecule has 72 valence electrons. The molecule has 1 aliphatic carbocycles. The molecule has 4 heteroatoms. The Kier molecular flexibility index (Phi) is 3.38. The van der Waals surface area contributed by atoms with Crippen LogP contribution in [0.3, 0.4) is 0 Å². The van der Waals surface area contributed by atoms with Gasteiger partial charge in [-0.25, -0.2) is 0 Å². The van der Waals surface area contributed by atoms with Crippen molar-refractivity contribution in [1.29, 1.82) is 0 Å². The van der Waals surface area contributed by atoms with Crippen molar-refractivity contribution in [1.82, 2.24) is 0 Å². The fourth-order valence-electron chi connectivity index (χ4n) is 1.57. The Balaban J connectivity index is 2.13. The van der Waals surface area contributed by atoms with Crippen LogP contribution in [0.2, 0.25) is 0 Å². The van der Waals surface area contributed by atoms with Gasteiger partial charge in [-0.05, 0) is 18.8 Å². The van der Waals surface area contributed by atoms with E-state index in [4.69, 9.17) is 0 Å². The van der Waals surface area contributed by atoms with E-state index in [1.807, 2.05) is 0 Å². The predicted molar refractivity (Wildman–Crippen MR) is 38.6 cm³/mol. The molecule has 0 aromatic heterocycles. The quantitative estimate of drug-likeness (QED) is 0.637. The van der Waals surface area contributed by atoms with E-state index in [1.54, 1.807) is 0 Å². The van der Waals surface area contributed by atoms with Gasteiger partial charge in [-0.2, -0.15) is 0 Å². The van der Waals surface area contributed by atoms with Gasteiger partial charge >= 0.3 is 6.36 Å². The highest BCUT2D eigenvalue weighted by Gasteiger charge is 2.30. The molecule has 0 amide bonds. The number of alkyl halides is 3. The summed E-state index contributed by atoms with van der Waals surface area (Å²) in [6.45, 7) is -0.149. The van der Waals surface area contributed by atoms with E-state index < -0.39 is 6.36 Å². The number of hydrogen-bond donors (Lipinski definition) is 0. The van der Waals surface area contributed by atoms with Crippen LogP contribution >= 0.6 is 0 Å². The Morgan fingerprint density at radius 3 is 2.17 bits per heavy atom. The molecule has 0 spiro atoms. The van der Waals surface area contributed by atoms with Crippen molar-refractivity contribution in [3.8, 4) is 0 Å². The normalized spacial score (nSPS) is 21.2. The van der Waals surface area contributed by atoms with Crippen molar-refractivity contribution in [2.45, 2.75) is 38.5 Å². The molecular weight excluding hydrogens is 169 g/mol. The minimum absolute atomic E-state index is 0.125. The first-order chi connectivity index (χ1) is 5.58. The van der Waals surface area contributed by atoms with Crippen LogP contribution in [-0.4, -0.2) is 13.0 Å². The van der Waals surface area contributed by atoms with Crippen LogP contribution in [0.25, 0.3) is 0 Å². The van der Waals surface area contributed by atoms with Gasteiger partial charge in [-0.1, -0.05) is 19.3 Å². The summed E-state index contributed by atoms with van der Waals surface area (Å²) >= 11 is 0. The van der Waals surface area contributed by atoms with Crippen LogP contribution in [-0.2, 0) is 4.74 Å². The van der Waals surface area contributed by atoms with Crippen molar-refractivity contribution < 1.29 is 17.9 Å². The average Bonchev–Trinajstić information content (AvgIpc) is 2.02. The van der Waals surface area contributed by atoms with Crippen LogP contribution < -0.4 is 0 Å². The molecule has 1 rings (SSSR count). The molecule has 12 heavy (non-hydrogen) atoms. The van der Waals surface area contributed by atoms with Gasteiger partial charge in [0.15, 0.2) is 0 Å². The van der Waals surface area contributed by atoms with Gasteiger partial charge in [0.25, 0.3) is 0 Å². The summed E-state index contributed by atoms with van der Waals surface area (Å²) in [4.78, 5) is 0. The fourth-order valence-corrected chi connectivity index (χ4v) is 1.57. The molecule has 0 N–H and O–H groups in total. The molecule has 0 aromatic carbocycles. The van der Waals surface area contributed by atoms with Crippen LogP contribution in [0, 0.1) is 5.92 Å². The zero-order chi connectivity index (χ0) is 9.03. The monoisotopic (exact) mass is 182 g/mol. The van der Waals surface area contributed by atoms with Gasteiger partial charge in [-0.15, -0.1) is 13.2 Å². The summed E-state index contributed by atoms with van der Waals surface area (Å²) in [5.41, 5.74) is 0. The van der Waals surface area contributed by atoms with Gasteiger partial charge in [0.1, 0.15) is 0 Å². The Morgan fingerprint density at radius 2 is 1.67 bits per heavy atom. The minimum atomic E-state index is -4.45. The first kappa shape index (κ1) is 9.84. The van der Waals surface area contributed by atoms with E-state index in [-0.39, 0.29) is 12.5 Å². The topological polar surface area (TPSA) is 9.23 Å². The number of halogens is 3. The van der Waals surface area contributed by atoms with Crippen molar-refractivity contribution >= 4 is 0 Å². The largest absolute Gasteiger partial charge is 0.522 e. The number of ether oxygens (including phenoxy) is 1. The molecule has 0 heterocycles. The Bertz CT molecular complexity index is 127. The molecule has 1 aliphatic rings. The Hall–Kier alpha value is -0.250. The molecular formula is C8H13F3O. The molecule has 1 fully saturated rings. The molecule has 0 aliphatic heterocycles. The number of rotatable bonds is 2. The molecule has 0 aromatic rings. The van der Waals surface area contributed by atoms with Gasteiger partial charge in [0.2, 0.25) is 0 Å². The van der Waals surface area contributed by atoms with Gasteiger partial charge in [-0.3, -0.25) is 4.74 Å². The van der Waals surface area contributed by atoms with E-state index >= 15 is 0 Å². The molecule has 0 radical (unpaired) electrons. The van der Waals surface area contributed by atoms with E-state index in [0.717, 1.165) is 32.1 Å².